The third-order valence-corrected chi connectivity index (χ3v) is 6.14. The number of fused-ring (bicyclic) bond motifs is 1. The van der Waals surface area contributed by atoms with E-state index in [1.807, 2.05) is 0 Å². The summed E-state index contributed by atoms with van der Waals surface area (Å²) in [6.45, 7) is 3.44. The van der Waals surface area contributed by atoms with Crippen molar-refractivity contribution >= 4 is 44.9 Å². The second-order valence-corrected chi connectivity index (χ2v) is 9.46. The van der Waals surface area contributed by atoms with Gasteiger partial charge in [-0.05, 0) is 26.7 Å². The minimum absolute atomic E-state index is 0.0150. The van der Waals surface area contributed by atoms with E-state index in [1.54, 1.807) is 11.6 Å². The van der Waals surface area contributed by atoms with Gasteiger partial charge in [0, 0.05) is 31.0 Å². The summed E-state index contributed by atoms with van der Waals surface area (Å²) in [4.78, 5) is 25.9. The van der Waals surface area contributed by atoms with E-state index in [0.717, 1.165) is 12.8 Å². The summed E-state index contributed by atoms with van der Waals surface area (Å²) in [5, 5.41) is 18.4. The molecule has 0 bridgehead atoms. The summed E-state index contributed by atoms with van der Waals surface area (Å²) in [5.74, 6) is -0.886. The van der Waals surface area contributed by atoms with Crippen molar-refractivity contribution in [2.45, 2.75) is 44.5 Å². The molecule has 34 heavy (non-hydrogen) atoms. The number of amides is 1. The van der Waals surface area contributed by atoms with Gasteiger partial charge in [0.2, 0.25) is 0 Å². The average molecular weight is 493 g/mol. The number of rotatable bonds is 8. The van der Waals surface area contributed by atoms with Gasteiger partial charge in [0.1, 0.15) is 22.3 Å². The van der Waals surface area contributed by atoms with Crippen LogP contribution in [0.5, 0.6) is 0 Å². The van der Waals surface area contributed by atoms with Gasteiger partial charge in [0.05, 0.1) is 35.5 Å². The lowest BCUT2D eigenvalue weighted by Crippen LogP contribution is -2.42. The fourth-order valence-electron chi connectivity index (χ4n) is 3.41. The summed E-state index contributed by atoms with van der Waals surface area (Å²) >= 11 is 1.29. The van der Waals surface area contributed by atoms with Crippen LogP contribution < -0.4 is 16.0 Å². The van der Waals surface area contributed by atoms with Crippen molar-refractivity contribution in [3.63, 3.8) is 0 Å². The van der Waals surface area contributed by atoms with Gasteiger partial charge in [-0.1, -0.05) is 0 Å². The smallest absolute Gasteiger partial charge is 0.255 e. The van der Waals surface area contributed by atoms with Gasteiger partial charge in [-0.25, -0.2) is 23.7 Å². The van der Waals surface area contributed by atoms with Crippen molar-refractivity contribution in [3.8, 4) is 0 Å². The van der Waals surface area contributed by atoms with Crippen LogP contribution in [0.3, 0.4) is 0 Å². The van der Waals surface area contributed by atoms with Crippen LogP contribution >= 0.6 is 11.3 Å². The van der Waals surface area contributed by atoms with Crippen LogP contribution in [0, 0.1) is 5.82 Å². The maximum atomic E-state index is 14.5. The molecule has 0 spiro atoms. The third kappa shape index (κ3) is 5.75. The molecule has 4 rings (SSSR count). The van der Waals surface area contributed by atoms with Gasteiger partial charge < -0.3 is 25.8 Å². The summed E-state index contributed by atoms with van der Waals surface area (Å²) < 4.78 is 34.1. The van der Waals surface area contributed by atoms with Crippen molar-refractivity contribution in [2.24, 2.45) is 0 Å². The molecule has 3 aromatic rings. The van der Waals surface area contributed by atoms with Gasteiger partial charge in [-0.2, -0.15) is 0 Å². The molecule has 2 unspecified atom stereocenters. The number of carbonyl (C=O) groups is 1. The first kappa shape index (κ1) is 24.2. The highest BCUT2D eigenvalue weighted by molar-refractivity contribution is 7.16. The Morgan fingerprint density at radius 3 is 2.94 bits per heavy atom. The van der Waals surface area contributed by atoms with E-state index in [4.69, 9.17) is 4.74 Å². The van der Waals surface area contributed by atoms with E-state index in [2.05, 4.69) is 30.9 Å². The number of hydrogen-bond acceptors (Lipinski definition) is 9. The zero-order valence-corrected chi connectivity index (χ0v) is 19.6. The van der Waals surface area contributed by atoms with E-state index in [1.165, 1.54) is 37.4 Å². The van der Waals surface area contributed by atoms with Crippen LogP contribution in [-0.4, -0.2) is 63.5 Å². The quantitative estimate of drug-likeness (QED) is 0.378. The van der Waals surface area contributed by atoms with Crippen LogP contribution in [0.2, 0.25) is 0 Å². The second kappa shape index (κ2) is 10.1. The van der Waals surface area contributed by atoms with Crippen molar-refractivity contribution in [1.29, 1.82) is 0 Å². The van der Waals surface area contributed by atoms with Gasteiger partial charge >= 0.3 is 0 Å². The molecule has 1 aliphatic heterocycles. The number of nitrogens with zero attached hydrogens (tertiary/aromatic N) is 3. The number of carbonyl (C=O) groups excluding carboxylic acids is 1. The molecule has 4 heterocycles. The third-order valence-electron chi connectivity index (χ3n) is 5.40. The number of pyridine rings is 2. The predicted molar refractivity (Wildman–Crippen MR) is 126 cm³/mol. The molecule has 12 heteroatoms. The first-order chi connectivity index (χ1) is 16.2. The number of alkyl halides is 1. The molecule has 1 aliphatic rings. The first-order valence-corrected chi connectivity index (χ1v) is 11.7. The van der Waals surface area contributed by atoms with Crippen LogP contribution in [-0.2, 0) is 4.74 Å². The normalized spacial score (nSPS) is 17.4. The van der Waals surface area contributed by atoms with Crippen molar-refractivity contribution in [3.05, 3.63) is 35.2 Å². The molecular formula is C22H26F2N6O3S. The molecule has 0 aromatic carbocycles. The van der Waals surface area contributed by atoms with Crippen molar-refractivity contribution in [1.82, 2.24) is 20.3 Å². The highest BCUT2D eigenvalue weighted by atomic mass is 32.1. The Morgan fingerprint density at radius 2 is 2.21 bits per heavy atom. The van der Waals surface area contributed by atoms with E-state index < -0.39 is 23.5 Å². The SMILES string of the molecule is CC(C)(O)C(F)CNC(=O)c1cnc(Nc2nc3scnc3cc2F)cc1NC1CCCOC1. The molecule has 0 saturated carbocycles. The summed E-state index contributed by atoms with van der Waals surface area (Å²) in [5.41, 5.74) is 1.08. The molecule has 1 saturated heterocycles. The monoisotopic (exact) mass is 492 g/mol. The standard InChI is InChI=1S/C22H26F2N6O3S/c1-22(2,32)17(24)9-26-20(31)13-8-25-18(7-15(13)28-12-4-3-5-33-10-12)29-19-14(23)6-16-21(30-19)34-11-27-16/h6-8,11-12,17,32H,3-5,9-10H2,1-2H3,(H,26,31)(H2,25,28,29,30). The number of thiazole rings is 1. The Hall–Kier alpha value is -2.96. The fourth-order valence-corrected chi connectivity index (χ4v) is 4.05. The first-order valence-electron chi connectivity index (χ1n) is 10.9. The van der Waals surface area contributed by atoms with E-state index in [9.17, 15) is 18.7 Å². The molecule has 2 atom stereocenters. The number of anilines is 3. The van der Waals surface area contributed by atoms with Gasteiger partial charge in [-0.3, -0.25) is 4.79 Å². The number of nitrogens with one attached hydrogen (secondary N) is 3. The molecular weight excluding hydrogens is 466 g/mol. The minimum atomic E-state index is -1.65. The number of halogens is 2. The lowest BCUT2D eigenvalue weighted by atomic mass is 10.0. The van der Waals surface area contributed by atoms with Crippen molar-refractivity contribution in [2.75, 3.05) is 30.4 Å². The summed E-state index contributed by atoms with van der Waals surface area (Å²) in [6, 6.07) is 2.83. The van der Waals surface area contributed by atoms with Crippen LogP contribution in [0.4, 0.5) is 26.1 Å². The summed E-state index contributed by atoms with van der Waals surface area (Å²) in [6.07, 6.45) is 1.39. The topological polar surface area (TPSA) is 121 Å². The molecule has 0 aliphatic carbocycles. The van der Waals surface area contributed by atoms with E-state index >= 15 is 0 Å². The highest BCUT2D eigenvalue weighted by Gasteiger charge is 2.27. The Balaban J connectivity index is 1.57. The van der Waals surface area contributed by atoms with E-state index in [0.29, 0.717) is 29.2 Å². The van der Waals surface area contributed by atoms with Crippen LogP contribution in [0.15, 0.2) is 23.8 Å². The largest absolute Gasteiger partial charge is 0.387 e. The molecule has 182 valence electrons. The maximum Gasteiger partial charge on any atom is 0.255 e. The fraction of sp³-hybridized carbons (Fsp3) is 0.455. The lowest BCUT2D eigenvalue weighted by molar-refractivity contribution is -0.00177. The Labute approximate surface area is 199 Å². The molecule has 9 nitrogen and oxygen atoms in total. The Kier molecular flexibility index (Phi) is 7.19. The van der Waals surface area contributed by atoms with Gasteiger partial charge in [0.15, 0.2) is 11.6 Å². The zero-order valence-electron chi connectivity index (χ0n) is 18.8. The molecule has 1 fully saturated rings. The van der Waals surface area contributed by atoms with Crippen molar-refractivity contribution < 1.29 is 23.4 Å². The average Bonchev–Trinajstić information content (AvgIpc) is 3.24. The maximum absolute atomic E-state index is 14.5. The second-order valence-electron chi connectivity index (χ2n) is 8.63. The van der Waals surface area contributed by atoms with Gasteiger partial charge in [-0.15, -0.1) is 11.3 Å². The molecule has 0 radical (unpaired) electrons. The molecule has 4 N–H and O–H groups in total. The molecule has 3 aromatic heterocycles. The summed E-state index contributed by atoms with van der Waals surface area (Å²) in [7, 11) is 0. The van der Waals surface area contributed by atoms with Gasteiger partial charge in [0.25, 0.3) is 5.91 Å². The Morgan fingerprint density at radius 1 is 1.38 bits per heavy atom. The number of aromatic nitrogens is 3. The highest BCUT2D eigenvalue weighted by Crippen LogP contribution is 2.27. The predicted octanol–water partition coefficient (Wildman–Crippen LogP) is 3.40. The number of aliphatic hydroxyl groups is 1. The lowest BCUT2D eigenvalue weighted by Gasteiger charge is -2.26. The zero-order chi connectivity index (χ0) is 24.3. The van der Waals surface area contributed by atoms with E-state index in [-0.39, 0.29) is 29.8 Å². The minimum Gasteiger partial charge on any atom is -0.387 e. The van der Waals surface area contributed by atoms with Crippen LogP contribution in [0.1, 0.15) is 37.0 Å². The Bertz CT molecular complexity index is 1160. The van der Waals surface area contributed by atoms with Crippen LogP contribution in [0.25, 0.3) is 10.3 Å². The molecule has 1 amide bonds. The number of hydrogen-bond donors (Lipinski definition) is 4. The number of ether oxygens (including phenoxy) is 1.